The topological polar surface area (TPSA) is 41.5 Å². The van der Waals surface area contributed by atoms with E-state index < -0.39 is 0 Å². The highest BCUT2D eigenvalue weighted by Crippen LogP contribution is 2.07. The number of hydrogen-bond acceptors (Lipinski definition) is 2. The number of carbonyl (C=O) groups is 1. The fourth-order valence-corrected chi connectivity index (χ4v) is 1.78. The minimum atomic E-state index is -0.300. The van der Waals surface area contributed by atoms with E-state index in [2.05, 4.69) is 10.5 Å². The maximum absolute atomic E-state index is 12.8. The SMILES string of the molecule is CC(=NNC(=O)c1ccccc1C)c1ccc(F)cc1. The Balaban J connectivity index is 2.11. The van der Waals surface area contributed by atoms with E-state index in [9.17, 15) is 9.18 Å². The number of nitrogens with zero attached hydrogens (tertiary/aromatic N) is 1. The molecule has 1 amide bonds. The van der Waals surface area contributed by atoms with Gasteiger partial charge in [-0.25, -0.2) is 9.82 Å². The molecule has 0 unspecified atom stereocenters. The first-order chi connectivity index (χ1) is 9.58. The molecule has 0 heterocycles. The Kier molecular flexibility index (Phi) is 4.25. The summed E-state index contributed by atoms with van der Waals surface area (Å²) in [6.45, 7) is 3.62. The van der Waals surface area contributed by atoms with Crippen LogP contribution in [0.15, 0.2) is 53.6 Å². The molecule has 2 rings (SSSR count). The van der Waals surface area contributed by atoms with Crippen LogP contribution in [-0.2, 0) is 0 Å². The minimum Gasteiger partial charge on any atom is -0.267 e. The molecule has 102 valence electrons. The van der Waals surface area contributed by atoms with Crippen LogP contribution in [0.3, 0.4) is 0 Å². The summed E-state index contributed by atoms with van der Waals surface area (Å²) in [6.07, 6.45) is 0. The first kappa shape index (κ1) is 13.9. The number of aryl methyl sites for hydroxylation is 1. The van der Waals surface area contributed by atoms with Gasteiger partial charge in [-0.05, 0) is 43.2 Å². The van der Waals surface area contributed by atoms with Crippen LogP contribution in [0.1, 0.15) is 28.4 Å². The molecule has 0 bridgehead atoms. The van der Waals surface area contributed by atoms with E-state index in [0.29, 0.717) is 11.3 Å². The van der Waals surface area contributed by atoms with Gasteiger partial charge in [-0.1, -0.05) is 30.3 Å². The van der Waals surface area contributed by atoms with Crippen LogP contribution >= 0.6 is 0 Å². The third-order valence-corrected chi connectivity index (χ3v) is 2.98. The Hall–Kier alpha value is -2.49. The second kappa shape index (κ2) is 6.10. The number of rotatable bonds is 3. The van der Waals surface area contributed by atoms with Crippen LogP contribution < -0.4 is 5.43 Å². The van der Waals surface area contributed by atoms with Gasteiger partial charge in [0.1, 0.15) is 5.82 Å². The predicted octanol–water partition coefficient (Wildman–Crippen LogP) is 3.29. The van der Waals surface area contributed by atoms with Crippen LogP contribution in [0.5, 0.6) is 0 Å². The number of hydrogen-bond donors (Lipinski definition) is 1. The van der Waals surface area contributed by atoms with Crippen molar-refractivity contribution in [2.45, 2.75) is 13.8 Å². The summed E-state index contributed by atoms with van der Waals surface area (Å²) < 4.78 is 12.8. The average Bonchev–Trinajstić information content (AvgIpc) is 2.45. The third-order valence-electron chi connectivity index (χ3n) is 2.98. The van der Waals surface area contributed by atoms with Crippen molar-refractivity contribution in [2.24, 2.45) is 5.10 Å². The summed E-state index contributed by atoms with van der Waals surface area (Å²) in [5, 5.41) is 4.04. The van der Waals surface area contributed by atoms with E-state index in [1.165, 1.54) is 12.1 Å². The molecule has 0 aliphatic rings. The number of hydrazone groups is 1. The van der Waals surface area contributed by atoms with Gasteiger partial charge in [0.15, 0.2) is 0 Å². The fraction of sp³-hybridized carbons (Fsp3) is 0.125. The van der Waals surface area contributed by atoms with Gasteiger partial charge < -0.3 is 0 Å². The van der Waals surface area contributed by atoms with Gasteiger partial charge >= 0.3 is 0 Å². The van der Waals surface area contributed by atoms with E-state index in [1.54, 1.807) is 31.2 Å². The molecule has 0 spiro atoms. The fourth-order valence-electron chi connectivity index (χ4n) is 1.78. The Morgan fingerprint density at radius 3 is 2.40 bits per heavy atom. The maximum atomic E-state index is 12.8. The number of nitrogens with one attached hydrogen (secondary N) is 1. The zero-order chi connectivity index (χ0) is 14.5. The number of benzene rings is 2. The average molecular weight is 270 g/mol. The van der Waals surface area contributed by atoms with Crippen LogP contribution in [0.2, 0.25) is 0 Å². The molecule has 0 radical (unpaired) electrons. The highest BCUT2D eigenvalue weighted by Gasteiger charge is 2.07. The molecule has 0 atom stereocenters. The molecule has 0 fully saturated rings. The summed E-state index contributed by atoms with van der Waals surface area (Å²) in [4.78, 5) is 12.0. The third kappa shape index (κ3) is 3.29. The van der Waals surface area contributed by atoms with Crippen molar-refractivity contribution in [3.8, 4) is 0 Å². The molecular weight excluding hydrogens is 255 g/mol. The van der Waals surface area contributed by atoms with Gasteiger partial charge in [-0.15, -0.1) is 0 Å². The predicted molar refractivity (Wildman–Crippen MR) is 77.3 cm³/mol. The molecular formula is C16H15FN2O. The van der Waals surface area contributed by atoms with E-state index >= 15 is 0 Å². The summed E-state index contributed by atoms with van der Waals surface area (Å²) in [7, 11) is 0. The molecule has 3 nitrogen and oxygen atoms in total. The molecule has 0 aromatic heterocycles. The van der Waals surface area contributed by atoms with Gasteiger partial charge in [0.25, 0.3) is 5.91 Å². The van der Waals surface area contributed by atoms with E-state index in [4.69, 9.17) is 0 Å². The lowest BCUT2D eigenvalue weighted by atomic mass is 10.1. The smallest absolute Gasteiger partial charge is 0.267 e. The molecule has 0 aliphatic heterocycles. The standard InChI is InChI=1S/C16H15FN2O/c1-11-5-3-4-6-15(11)16(20)19-18-12(2)13-7-9-14(17)10-8-13/h3-10H,1-2H3,(H,19,20). The Morgan fingerprint density at radius 1 is 1.10 bits per heavy atom. The molecule has 2 aromatic rings. The van der Waals surface area contributed by atoms with E-state index in [0.717, 1.165) is 11.1 Å². The van der Waals surface area contributed by atoms with Crippen LogP contribution in [0.25, 0.3) is 0 Å². The van der Waals surface area contributed by atoms with Crippen molar-refractivity contribution in [1.82, 2.24) is 5.43 Å². The lowest BCUT2D eigenvalue weighted by Crippen LogP contribution is -2.20. The van der Waals surface area contributed by atoms with Crippen molar-refractivity contribution in [3.63, 3.8) is 0 Å². The Labute approximate surface area is 117 Å². The summed E-state index contributed by atoms with van der Waals surface area (Å²) in [5.74, 6) is -0.560. The second-order valence-electron chi connectivity index (χ2n) is 4.46. The highest BCUT2D eigenvalue weighted by molar-refractivity contribution is 6.01. The monoisotopic (exact) mass is 270 g/mol. The molecule has 2 aromatic carbocycles. The van der Waals surface area contributed by atoms with E-state index in [1.807, 2.05) is 19.1 Å². The van der Waals surface area contributed by atoms with Gasteiger partial charge in [-0.3, -0.25) is 4.79 Å². The molecule has 0 aliphatic carbocycles. The van der Waals surface area contributed by atoms with Gasteiger partial charge in [0.05, 0.1) is 5.71 Å². The molecule has 4 heteroatoms. The van der Waals surface area contributed by atoms with Crippen molar-refractivity contribution >= 4 is 11.6 Å². The maximum Gasteiger partial charge on any atom is 0.271 e. The lowest BCUT2D eigenvalue weighted by Gasteiger charge is -2.05. The number of amides is 1. The highest BCUT2D eigenvalue weighted by atomic mass is 19.1. The minimum absolute atomic E-state index is 0.260. The van der Waals surface area contributed by atoms with Crippen molar-refractivity contribution in [1.29, 1.82) is 0 Å². The zero-order valence-electron chi connectivity index (χ0n) is 11.4. The summed E-state index contributed by atoms with van der Waals surface area (Å²) in [6, 6.07) is 13.2. The zero-order valence-corrected chi connectivity index (χ0v) is 11.4. The normalized spacial score (nSPS) is 11.2. The van der Waals surface area contributed by atoms with Crippen LogP contribution in [0, 0.1) is 12.7 Å². The first-order valence-corrected chi connectivity index (χ1v) is 6.24. The summed E-state index contributed by atoms with van der Waals surface area (Å²) in [5.41, 5.74) is 5.36. The van der Waals surface area contributed by atoms with Gasteiger partial charge in [0, 0.05) is 5.56 Å². The van der Waals surface area contributed by atoms with E-state index in [-0.39, 0.29) is 11.7 Å². The quantitative estimate of drug-likeness (QED) is 0.675. The van der Waals surface area contributed by atoms with Crippen LogP contribution in [-0.4, -0.2) is 11.6 Å². The van der Waals surface area contributed by atoms with Crippen LogP contribution in [0.4, 0.5) is 4.39 Å². The lowest BCUT2D eigenvalue weighted by molar-refractivity contribution is 0.0954. The Bertz CT molecular complexity index is 648. The molecule has 20 heavy (non-hydrogen) atoms. The van der Waals surface area contributed by atoms with Gasteiger partial charge in [0.2, 0.25) is 0 Å². The number of carbonyl (C=O) groups excluding carboxylic acids is 1. The first-order valence-electron chi connectivity index (χ1n) is 6.24. The Morgan fingerprint density at radius 2 is 1.75 bits per heavy atom. The molecule has 0 saturated carbocycles. The molecule has 0 saturated heterocycles. The molecule has 1 N–H and O–H groups in total. The largest absolute Gasteiger partial charge is 0.271 e. The van der Waals surface area contributed by atoms with Crippen molar-refractivity contribution in [2.75, 3.05) is 0 Å². The summed E-state index contributed by atoms with van der Waals surface area (Å²) >= 11 is 0. The van der Waals surface area contributed by atoms with Crippen molar-refractivity contribution < 1.29 is 9.18 Å². The number of halogens is 1. The van der Waals surface area contributed by atoms with Gasteiger partial charge in [-0.2, -0.15) is 5.10 Å². The second-order valence-corrected chi connectivity index (χ2v) is 4.46. The van der Waals surface area contributed by atoms with Crippen molar-refractivity contribution in [3.05, 3.63) is 71.0 Å².